The standard InChI is InChI=1S/C18H12Cl2F3NO3/c1-26-16(25)11-4-2-10(3-5-11)15-9-17(27-24-15,18(21,22)23)12-6-13(19)8-14(20)7-12/h2-8H,9H2,1H3. The maximum Gasteiger partial charge on any atom is 0.435 e. The molecule has 1 heterocycles. The van der Waals surface area contributed by atoms with E-state index in [1.165, 1.54) is 37.4 Å². The second kappa shape index (κ2) is 7.05. The zero-order valence-corrected chi connectivity index (χ0v) is 15.3. The molecule has 4 nitrogen and oxygen atoms in total. The van der Waals surface area contributed by atoms with Gasteiger partial charge >= 0.3 is 12.1 Å². The molecular formula is C18H12Cl2F3NO3. The number of oxime groups is 1. The molecule has 0 radical (unpaired) electrons. The van der Waals surface area contributed by atoms with Crippen LogP contribution in [0.3, 0.4) is 0 Å². The van der Waals surface area contributed by atoms with Crippen molar-refractivity contribution in [1.29, 1.82) is 0 Å². The quantitative estimate of drug-likeness (QED) is 0.631. The number of hydrogen-bond acceptors (Lipinski definition) is 4. The number of carbonyl (C=O) groups excluding carboxylic acids is 1. The summed E-state index contributed by atoms with van der Waals surface area (Å²) in [6.45, 7) is 0. The molecular weight excluding hydrogens is 406 g/mol. The number of rotatable bonds is 3. The van der Waals surface area contributed by atoms with Gasteiger partial charge in [0.2, 0.25) is 0 Å². The Morgan fingerprint density at radius 1 is 1.15 bits per heavy atom. The molecule has 0 amide bonds. The topological polar surface area (TPSA) is 47.9 Å². The molecule has 1 atom stereocenters. The lowest BCUT2D eigenvalue weighted by Gasteiger charge is -2.29. The van der Waals surface area contributed by atoms with Crippen LogP contribution in [0.1, 0.15) is 27.9 Å². The molecule has 0 aromatic heterocycles. The van der Waals surface area contributed by atoms with E-state index in [0.29, 0.717) is 5.56 Å². The molecule has 0 saturated heterocycles. The fraction of sp³-hybridized carbons (Fsp3) is 0.222. The van der Waals surface area contributed by atoms with E-state index in [0.717, 1.165) is 12.1 Å². The van der Waals surface area contributed by atoms with Gasteiger partial charge in [0.05, 0.1) is 18.4 Å². The molecule has 0 N–H and O–H groups in total. The van der Waals surface area contributed by atoms with Crippen molar-refractivity contribution in [1.82, 2.24) is 0 Å². The minimum atomic E-state index is -4.77. The second-order valence-electron chi connectivity index (χ2n) is 5.86. The molecule has 0 bridgehead atoms. The Kier molecular flexibility index (Phi) is 5.10. The summed E-state index contributed by atoms with van der Waals surface area (Å²) in [5, 5.41) is 3.76. The fourth-order valence-corrected chi connectivity index (χ4v) is 3.29. The van der Waals surface area contributed by atoms with Crippen molar-refractivity contribution in [2.45, 2.75) is 18.2 Å². The summed E-state index contributed by atoms with van der Waals surface area (Å²) in [5.74, 6) is -0.552. The predicted molar refractivity (Wildman–Crippen MR) is 94.2 cm³/mol. The van der Waals surface area contributed by atoms with Crippen molar-refractivity contribution in [3.63, 3.8) is 0 Å². The minimum absolute atomic E-state index is 0.0561. The van der Waals surface area contributed by atoms with E-state index in [2.05, 4.69) is 9.89 Å². The Morgan fingerprint density at radius 2 is 1.74 bits per heavy atom. The smallest absolute Gasteiger partial charge is 0.435 e. The fourth-order valence-electron chi connectivity index (χ4n) is 2.76. The van der Waals surface area contributed by atoms with Crippen LogP contribution in [0.15, 0.2) is 47.6 Å². The maximum atomic E-state index is 13.9. The average molecular weight is 418 g/mol. The van der Waals surface area contributed by atoms with E-state index in [4.69, 9.17) is 28.0 Å². The summed E-state index contributed by atoms with van der Waals surface area (Å²) in [4.78, 5) is 16.4. The lowest BCUT2D eigenvalue weighted by molar-refractivity contribution is -0.275. The molecule has 142 valence electrons. The van der Waals surface area contributed by atoms with Gasteiger partial charge in [0, 0.05) is 22.0 Å². The molecule has 3 rings (SSSR count). The zero-order valence-electron chi connectivity index (χ0n) is 13.8. The molecule has 0 spiro atoms. The number of carbonyl (C=O) groups is 1. The van der Waals surface area contributed by atoms with Crippen LogP contribution in [-0.2, 0) is 15.2 Å². The van der Waals surface area contributed by atoms with Crippen LogP contribution >= 0.6 is 23.2 Å². The highest BCUT2D eigenvalue weighted by atomic mass is 35.5. The van der Waals surface area contributed by atoms with Gasteiger partial charge in [-0.15, -0.1) is 0 Å². The minimum Gasteiger partial charge on any atom is -0.465 e. The van der Waals surface area contributed by atoms with E-state index in [-0.39, 0.29) is 26.9 Å². The Bertz CT molecular complexity index is 893. The summed E-state index contributed by atoms with van der Waals surface area (Å²) < 4.78 is 46.4. The van der Waals surface area contributed by atoms with Gasteiger partial charge in [-0.25, -0.2) is 4.79 Å². The number of hydrogen-bond donors (Lipinski definition) is 0. The van der Waals surface area contributed by atoms with Gasteiger partial charge in [-0.1, -0.05) is 40.5 Å². The SMILES string of the molecule is COC(=O)c1ccc(C2=NOC(c3cc(Cl)cc(Cl)c3)(C(F)(F)F)C2)cc1. The summed E-state index contributed by atoms with van der Waals surface area (Å²) in [5.41, 5.74) is -2.19. The number of esters is 1. The first-order chi connectivity index (χ1) is 12.7. The highest BCUT2D eigenvalue weighted by Gasteiger charge is 2.62. The molecule has 2 aromatic rings. The Morgan fingerprint density at radius 3 is 2.26 bits per heavy atom. The van der Waals surface area contributed by atoms with Gasteiger partial charge in [0.15, 0.2) is 0 Å². The third-order valence-electron chi connectivity index (χ3n) is 4.15. The van der Waals surface area contributed by atoms with E-state index in [1.807, 2.05) is 0 Å². The number of halogens is 5. The monoisotopic (exact) mass is 417 g/mol. The van der Waals surface area contributed by atoms with Gasteiger partial charge in [-0.3, -0.25) is 0 Å². The van der Waals surface area contributed by atoms with Crippen LogP contribution in [0.4, 0.5) is 13.2 Å². The molecule has 2 aromatic carbocycles. The van der Waals surface area contributed by atoms with Gasteiger partial charge < -0.3 is 9.57 Å². The number of benzene rings is 2. The first kappa shape index (κ1) is 19.5. The normalized spacial score (nSPS) is 19.4. The van der Waals surface area contributed by atoms with Crippen LogP contribution in [0.2, 0.25) is 10.0 Å². The third-order valence-corrected chi connectivity index (χ3v) is 4.59. The number of methoxy groups -OCH3 is 1. The van der Waals surface area contributed by atoms with Crippen molar-refractivity contribution < 1.29 is 27.5 Å². The Labute approximate surface area is 162 Å². The van der Waals surface area contributed by atoms with Crippen LogP contribution in [0.5, 0.6) is 0 Å². The Hall–Kier alpha value is -2.25. The lowest BCUT2D eigenvalue weighted by atomic mass is 9.86. The molecule has 1 unspecified atom stereocenters. The largest absolute Gasteiger partial charge is 0.465 e. The van der Waals surface area contributed by atoms with Crippen LogP contribution in [0, 0.1) is 0 Å². The van der Waals surface area contributed by atoms with Crippen LogP contribution < -0.4 is 0 Å². The second-order valence-corrected chi connectivity index (χ2v) is 6.73. The van der Waals surface area contributed by atoms with Gasteiger partial charge in [0.25, 0.3) is 5.60 Å². The maximum absolute atomic E-state index is 13.9. The zero-order chi connectivity index (χ0) is 19.8. The molecule has 0 aliphatic carbocycles. The van der Waals surface area contributed by atoms with Gasteiger partial charge in [-0.05, 0) is 35.9 Å². The van der Waals surface area contributed by atoms with Crippen molar-refractivity contribution in [2.75, 3.05) is 7.11 Å². The molecule has 27 heavy (non-hydrogen) atoms. The number of alkyl halides is 3. The highest BCUT2D eigenvalue weighted by Crippen LogP contribution is 2.49. The molecule has 0 fully saturated rings. The summed E-state index contributed by atoms with van der Waals surface area (Å²) in [6.07, 6.45) is -5.33. The first-order valence-electron chi connectivity index (χ1n) is 7.63. The Balaban J connectivity index is 1.96. The molecule has 0 saturated carbocycles. The lowest BCUT2D eigenvalue weighted by Crippen LogP contribution is -2.42. The van der Waals surface area contributed by atoms with E-state index < -0.39 is 24.2 Å². The number of nitrogens with zero attached hydrogens (tertiary/aromatic N) is 1. The van der Waals surface area contributed by atoms with Crippen LogP contribution in [-0.4, -0.2) is 25.0 Å². The third kappa shape index (κ3) is 3.61. The van der Waals surface area contributed by atoms with Crippen molar-refractivity contribution >= 4 is 34.9 Å². The van der Waals surface area contributed by atoms with Crippen molar-refractivity contribution in [2.24, 2.45) is 5.16 Å². The van der Waals surface area contributed by atoms with Crippen LogP contribution in [0.25, 0.3) is 0 Å². The summed E-state index contributed by atoms with van der Waals surface area (Å²) in [7, 11) is 1.24. The van der Waals surface area contributed by atoms with E-state index in [9.17, 15) is 18.0 Å². The van der Waals surface area contributed by atoms with E-state index >= 15 is 0 Å². The summed E-state index contributed by atoms with van der Waals surface area (Å²) >= 11 is 11.7. The first-order valence-corrected chi connectivity index (χ1v) is 8.39. The summed E-state index contributed by atoms with van der Waals surface area (Å²) in [6, 6.07) is 9.47. The average Bonchev–Trinajstić information content (AvgIpc) is 3.07. The molecule has 1 aliphatic rings. The highest BCUT2D eigenvalue weighted by molar-refractivity contribution is 6.34. The predicted octanol–water partition coefficient (Wildman–Crippen LogP) is 5.36. The van der Waals surface area contributed by atoms with Crippen molar-refractivity contribution in [3.05, 3.63) is 69.2 Å². The van der Waals surface area contributed by atoms with Crippen molar-refractivity contribution in [3.8, 4) is 0 Å². The molecule has 1 aliphatic heterocycles. The van der Waals surface area contributed by atoms with Gasteiger partial charge in [-0.2, -0.15) is 13.2 Å². The van der Waals surface area contributed by atoms with Gasteiger partial charge in [0.1, 0.15) is 0 Å². The van der Waals surface area contributed by atoms with E-state index in [1.54, 1.807) is 0 Å². The number of ether oxygens (including phenoxy) is 1. The molecule has 9 heteroatoms.